The number of pyridine rings is 1. The maximum absolute atomic E-state index is 12.9. The average molecular weight is 326 g/mol. The van der Waals surface area contributed by atoms with Crippen LogP contribution in [-0.2, 0) is 0 Å². The molecule has 8 heteroatoms. The Balaban J connectivity index is 1.99. The van der Waals surface area contributed by atoms with Crippen molar-refractivity contribution in [3.63, 3.8) is 0 Å². The number of aromatic nitrogens is 2. The van der Waals surface area contributed by atoms with E-state index in [1.165, 1.54) is 24.3 Å². The zero-order chi connectivity index (χ0) is 17.3. The first-order valence-electron chi connectivity index (χ1n) is 6.75. The van der Waals surface area contributed by atoms with E-state index < -0.39 is 23.3 Å². The molecule has 7 nitrogen and oxygen atoms in total. The minimum atomic E-state index is -1.44. The standard InChI is InChI=1S/C16H10FN3O4/c17-11-4-1-9(2-5-11)14(21)19-12-7-18-13-6-3-10(16(23)24)8-20(13)15(12)22/h1-8H,(H,19,21)(H,23,24)/p-1. The number of carbonyl (C=O) groups is 2. The Labute approximate surface area is 134 Å². The minimum absolute atomic E-state index is 0.141. The molecule has 0 fully saturated rings. The number of nitrogens with one attached hydrogen (secondary N) is 1. The second-order valence-corrected chi connectivity index (χ2v) is 4.87. The van der Waals surface area contributed by atoms with E-state index in [0.29, 0.717) is 0 Å². The molecule has 0 aliphatic rings. The van der Waals surface area contributed by atoms with E-state index in [9.17, 15) is 23.9 Å². The summed E-state index contributed by atoms with van der Waals surface area (Å²) in [5, 5.41) is 13.3. The summed E-state index contributed by atoms with van der Waals surface area (Å²) in [5.41, 5.74) is -0.626. The Bertz CT molecular complexity index is 1010. The monoisotopic (exact) mass is 326 g/mol. The third-order valence-electron chi connectivity index (χ3n) is 3.29. The fraction of sp³-hybridized carbons (Fsp3) is 0. The van der Waals surface area contributed by atoms with Crippen LogP contribution in [0.5, 0.6) is 0 Å². The van der Waals surface area contributed by atoms with Crippen molar-refractivity contribution in [3.05, 3.63) is 76.1 Å². The fourth-order valence-electron chi connectivity index (χ4n) is 2.08. The molecule has 0 spiro atoms. The molecular formula is C16H9FN3O4-. The van der Waals surface area contributed by atoms with Crippen molar-refractivity contribution in [2.24, 2.45) is 0 Å². The summed E-state index contributed by atoms with van der Waals surface area (Å²) in [5.74, 6) is -2.55. The van der Waals surface area contributed by atoms with Gasteiger partial charge in [-0.05, 0) is 36.4 Å². The molecule has 2 aromatic heterocycles. The number of nitrogens with zero attached hydrogens (tertiary/aromatic N) is 2. The van der Waals surface area contributed by atoms with Gasteiger partial charge in [-0.2, -0.15) is 0 Å². The van der Waals surface area contributed by atoms with Gasteiger partial charge in [-0.3, -0.25) is 14.0 Å². The van der Waals surface area contributed by atoms with Crippen LogP contribution >= 0.6 is 0 Å². The normalized spacial score (nSPS) is 10.5. The Morgan fingerprint density at radius 1 is 1.08 bits per heavy atom. The van der Waals surface area contributed by atoms with Gasteiger partial charge in [-0.1, -0.05) is 0 Å². The molecule has 0 aliphatic heterocycles. The molecule has 0 bridgehead atoms. The molecule has 0 aliphatic carbocycles. The molecule has 0 saturated heterocycles. The lowest BCUT2D eigenvalue weighted by atomic mass is 10.2. The molecule has 0 saturated carbocycles. The highest BCUT2D eigenvalue weighted by molar-refractivity contribution is 6.04. The van der Waals surface area contributed by atoms with Crippen molar-refractivity contribution < 1.29 is 19.1 Å². The third kappa shape index (κ3) is 2.84. The van der Waals surface area contributed by atoms with E-state index >= 15 is 0 Å². The second kappa shape index (κ2) is 5.92. The van der Waals surface area contributed by atoms with Gasteiger partial charge in [-0.25, -0.2) is 9.37 Å². The molecule has 24 heavy (non-hydrogen) atoms. The highest BCUT2D eigenvalue weighted by Gasteiger charge is 2.11. The number of benzene rings is 1. The maximum atomic E-state index is 12.9. The number of anilines is 1. The van der Waals surface area contributed by atoms with Crippen LogP contribution in [-0.4, -0.2) is 21.3 Å². The van der Waals surface area contributed by atoms with Crippen molar-refractivity contribution in [1.82, 2.24) is 9.38 Å². The number of carbonyl (C=O) groups excluding carboxylic acids is 2. The van der Waals surface area contributed by atoms with Crippen LogP contribution in [0.1, 0.15) is 20.7 Å². The first-order chi connectivity index (χ1) is 11.5. The van der Waals surface area contributed by atoms with E-state index in [1.54, 1.807) is 0 Å². The molecule has 1 amide bonds. The van der Waals surface area contributed by atoms with Crippen molar-refractivity contribution in [1.29, 1.82) is 0 Å². The molecule has 1 N–H and O–H groups in total. The summed E-state index contributed by atoms with van der Waals surface area (Å²) in [6.07, 6.45) is 2.23. The van der Waals surface area contributed by atoms with Crippen molar-refractivity contribution in [3.8, 4) is 0 Å². The zero-order valence-electron chi connectivity index (χ0n) is 12.0. The van der Waals surface area contributed by atoms with Crippen molar-refractivity contribution in [2.75, 3.05) is 5.32 Å². The van der Waals surface area contributed by atoms with E-state index in [-0.39, 0.29) is 22.5 Å². The SMILES string of the molecule is O=C([O-])c1ccc2ncc(NC(=O)c3ccc(F)cc3)c(=O)n2c1. The predicted molar refractivity (Wildman–Crippen MR) is 80.1 cm³/mol. The average Bonchev–Trinajstić information content (AvgIpc) is 2.57. The first kappa shape index (κ1) is 15.3. The molecule has 120 valence electrons. The third-order valence-corrected chi connectivity index (χ3v) is 3.29. The summed E-state index contributed by atoms with van der Waals surface area (Å²) in [7, 11) is 0. The molecule has 2 heterocycles. The van der Waals surface area contributed by atoms with Crippen LogP contribution in [0, 0.1) is 5.82 Å². The minimum Gasteiger partial charge on any atom is -0.545 e. The number of hydrogen-bond acceptors (Lipinski definition) is 5. The van der Waals surface area contributed by atoms with Crippen molar-refractivity contribution in [2.45, 2.75) is 0 Å². The number of amides is 1. The van der Waals surface area contributed by atoms with E-state index in [4.69, 9.17) is 0 Å². The summed E-state index contributed by atoms with van der Waals surface area (Å²) in [6.45, 7) is 0. The number of carboxylic acid groups (broad SMARTS) is 1. The van der Waals surface area contributed by atoms with Gasteiger partial charge in [-0.15, -0.1) is 0 Å². The number of carboxylic acids is 1. The fourth-order valence-corrected chi connectivity index (χ4v) is 2.08. The van der Waals surface area contributed by atoms with Gasteiger partial charge in [0.15, 0.2) is 0 Å². The van der Waals surface area contributed by atoms with Crippen LogP contribution in [0.2, 0.25) is 0 Å². The Morgan fingerprint density at radius 3 is 2.42 bits per heavy atom. The van der Waals surface area contributed by atoms with Crippen LogP contribution in [0.15, 0.2) is 53.6 Å². The number of fused-ring (bicyclic) bond motifs is 1. The quantitative estimate of drug-likeness (QED) is 0.752. The predicted octanol–water partition coefficient (Wildman–Crippen LogP) is 0.449. The molecule has 0 atom stereocenters. The lowest BCUT2D eigenvalue weighted by Crippen LogP contribution is -2.26. The summed E-state index contributed by atoms with van der Waals surface area (Å²) in [6, 6.07) is 7.38. The lowest BCUT2D eigenvalue weighted by molar-refractivity contribution is -0.255. The number of rotatable bonds is 3. The zero-order valence-corrected chi connectivity index (χ0v) is 12.0. The highest BCUT2D eigenvalue weighted by atomic mass is 19.1. The lowest BCUT2D eigenvalue weighted by Gasteiger charge is -2.08. The van der Waals surface area contributed by atoms with Crippen LogP contribution < -0.4 is 16.0 Å². The van der Waals surface area contributed by atoms with Gasteiger partial charge in [0.2, 0.25) is 0 Å². The molecule has 3 rings (SSSR count). The number of aromatic carboxylic acids is 1. The molecule has 3 aromatic rings. The van der Waals surface area contributed by atoms with Crippen LogP contribution in [0.3, 0.4) is 0 Å². The topological polar surface area (TPSA) is 104 Å². The maximum Gasteiger partial charge on any atom is 0.281 e. The Kier molecular flexibility index (Phi) is 3.78. The van der Waals surface area contributed by atoms with Gasteiger partial charge in [0.1, 0.15) is 17.2 Å². The Hall–Kier alpha value is -3.55. The van der Waals surface area contributed by atoms with Gasteiger partial charge in [0.05, 0.1) is 12.2 Å². The summed E-state index contributed by atoms with van der Waals surface area (Å²) in [4.78, 5) is 39.3. The van der Waals surface area contributed by atoms with Gasteiger partial charge < -0.3 is 15.2 Å². The summed E-state index contributed by atoms with van der Waals surface area (Å²) >= 11 is 0. The molecule has 0 radical (unpaired) electrons. The molecular weight excluding hydrogens is 317 g/mol. The van der Waals surface area contributed by atoms with E-state index in [0.717, 1.165) is 28.9 Å². The van der Waals surface area contributed by atoms with E-state index in [1.807, 2.05) is 0 Å². The summed E-state index contributed by atoms with van der Waals surface area (Å²) < 4.78 is 13.9. The smallest absolute Gasteiger partial charge is 0.281 e. The second-order valence-electron chi connectivity index (χ2n) is 4.87. The van der Waals surface area contributed by atoms with Gasteiger partial charge in [0.25, 0.3) is 11.5 Å². The van der Waals surface area contributed by atoms with Crippen molar-refractivity contribution >= 4 is 23.2 Å². The first-order valence-corrected chi connectivity index (χ1v) is 6.75. The van der Waals surface area contributed by atoms with E-state index in [2.05, 4.69) is 10.3 Å². The largest absolute Gasteiger partial charge is 0.545 e. The van der Waals surface area contributed by atoms with Crippen LogP contribution in [0.25, 0.3) is 5.65 Å². The molecule has 0 unspecified atom stereocenters. The van der Waals surface area contributed by atoms with Gasteiger partial charge >= 0.3 is 0 Å². The highest BCUT2D eigenvalue weighted by Crippen LogP contribution is 2.08. The van der Waals surface area contributed by atoms with Crippen LogP contribution in [0.4, 0.5) is 10.1 Å². The number of hydrogen-bond donors (Lipinski definition) is 1. The van der Waals surface area contributed by atoms with Gasteiger partial charge in [0, 0.05) is 17.3 Å². The Morgan fingerprint density at radius 2 is 1.75 bits per heavy atom. The number of halogens is 1. The molecule has 1 aromatic carbocycles.